The molecule has 4 nitrogen and oxygen atoms in total. The van der Waals surface area contributed by atoms with Gasteiger partial charge in [0.05, 0.1) is 6.61 Å². The molecule has 1 atom stereocenters. The Morgan fingerprint density at radius 1 is 1.31 bits per heavy atom. The molecule has 1 spiro atoms. The molecule has 142 valence electrons. The van der Waals surface area contributed by atoms with Crippen molar-refractivity contribution in [3.05, 3.63) is 33.8 Å². The Kier molecular flexibility index (Phi) is 5.04. The van der Waals surface area contributed by atoms with E-state index >= 15 is 0 Å². The van der Waals surface area contributed by atoms with Crippen molar-refractivity contribution >= 4 is 22.0 Å². The molecule has 2 saturated heterocycles. The molecule has 4 rings (SSSR count). The highest BCUT2D eigenvalue weighted by atomic mass is 79.9. The van der Waals surface area contributed by atoms with Gasteiger partial charge in [0.25, 0.3) is 0 Å². The first-order valence-corrected chi connectivity index (χ1v) is 10.7. The summed E-state index contributed by atoms with van der Waals surface area (Å²) in [5.41, 5.74) is 3.46. The third kappa shape index (κ3) is 3.53. The van der Waals surface area contributed by atoms with Gasteiger partial charge in [-0.25, -0.2) is 4.79 Å². The Morgan fingerprint density at radius 2 is 2.04 bits per heavy atom. The quantitative estimate of drug-likeness (QED) is 0.714. The summed E-state index contributed by atoms with van der Waals surface area (Å²) < 4.78 is 6.58. The summed E-state index contributed by atoms with van der Waals surface area (Å²) in [6.07, 6.45) is 4.54. The Morgan fingerprint density at radius 3 is 2.73 bits per heavy atom. The van der Waals surface area contributed by atoms with Crippen LogP contribution >= 0.6 is 15.9 Å². The monoisotopic (exact) mass is 420 g/mol. The van der Waals surface area contributed by atoms with Crippen molar-refractivity contribution in [1.29, 1.82) is 0 Å². The summed E-state index contributed by atoms with van der Waals surface area (Å²) in [6, 6.07) is 7.35. The zero-order valence-corrected chi connectivity index (χ0v) is 17.4. The number of hydrogen-bond acceptors (Lipinski definition) is 3. The van der Waals surface area contributed by atoms with Gasteiger partial charge >= 0.3 is 6.09 Å². The average molecular weight is 421 g/mol. The van der Waals surface area contributed by atoms with E-state index in [4.69, 9.17) is 4.74 Å². The SMILES string of the molecule is CC(C)COC(=O)N1CCC2(CC1)CN([C@@H]1CCc3cc(Br)ccc31)C2. The van der Waals surface area contributed by atoms with E-state index < -0.39 is 0 Å². The number of hydrogen-bond donors (Lipinski definition) is 0. The third-order valence-corrected chi connectivity index (χ3v) is 6.78. The lowest BCUT2D eigenvalue weighted by atomic mass is 9.71. The van der Waals surface area contributed by atoms with E-state index in [9.17, 15) is 4.79 Å². The number of ether oxygens (including phenoxy) is 1. The summed E-state index contributed by atoms with van der Waals surface area (Å²) in [5.74, 6) is 0.394. The number of likely N-dealkylation sites (tertiary alicyclic amines) is 2. The predicted octanol–water partition coefficient (Wildman–Crippen LogP) is 4.63. The van der Waals surface area contributed by atoms with Crippen LogP contribution in [0.5, 0.6) is 0 Å². The molecule has 0 bridgehead atoms. The number of fused-ring (bicyclic) bond motifs is 1. The van der Waals surface area contributed by atoms with Crippen molar-refractivity contribution in [3.63, 3.8) is 0 Å². The lowest BCUT2D eigenvalue weighted by molar-refractivity contribution is -0.0681. The fraction of sp³-hybridized carbons (Fsp3) is 0.667. The van der Waals surface area contributed by atoms with Gasteiger partial charge in [0, 0.05) is 36.7 Å². The van der Waals surface area contributed by atoms with E-state index in [1.807, 2.05) is 4.90 Å². The van der Waals surface area contributed by atoms with Gasteiger partial charge in [0.15, 0.2) is 0 Å². The number of halogens is 1. The molecule has 0 unspecified atom stereocenters. The summed E-state index contributed by atoms with van der Waals surface area (Å²) in [6.45, 7) is 8.72. The summed E-state index contributed by atoms with van der Waals surface area (Å²) in [7, 11) is 0. The van der Waals surface area contributed by atoms with Gasteiger partial charge in [-0.05, 0) is 60.3 Å². The van der Waals surface area contributed by atoms with Crippen molar-refractivity contribution in [2.24, 2.45) is 11.3 Å². The molecule has 1 aliphatic carbocycles. The second kappa shape index (κ2) is 7.16. The van der Waals surface area contributed by atoms with Crippen LogP contribution in [-0.4, -0.2) is 48.7 Å². The molecule has 0 aromatic heterocycles. The van der Waals surface area contributed by atoms with Crippen LogP contribution in [0.1, 0.15) is 50.3 Å². The maximum absolute atomic E-state index is 12.1. The molecule has 1 aromatic carbocycles. The number of aryl methyl sites for hydroxylation is 1. The molecule has 0 radical (unpaired) electrons. The number of nitrogens with zero attached hydrogens (tertiary/aromatic N) is 2. The van der Waals surface area contributed by atoms with Crippen LogP contribution in [0, 0.1) is 11.3 Å². The second-order valence-electron chi connectivity index (χ2n) is 8.76. The third-order valence-electron chi connectivity index (χ3n) is 6.29. The minimum absolute atomic E-state index is 0.125. The van der Waals surface area contributed by atoms with Crippen molar-refractivity contribution in [2.75, 3.05) is 32.8 Å². The van der Waals surface area contributed by atoms with Crippen molar-refractivity contribution < 1.29 is 9.53 Å². The first-order valence-electron chi connectivity index (χ1n) is 9.90. The molecule has 0 N–H and O–H groups in total. The lowest BCUT2D eigenvalue weighted by Crippen LogP contribution is -2.61. The van der Waals surface area contributed by atoms with E-state index in [1.54, 1.807) is 0 Å². The summed E-state index contributed by atoms with van der Waals surface area (Å²) in [5, 5.41) is 0. The largest absolute Gasteiger partial charge is 0.449 e. The zero-order chi connectivity index (χ0) is 18.3. The molecule has 1 amide bonds. The minimum Gasteiger partial charge on any atom is -0.449 e. The Balaban J connectivity index is 1.29. The topological polar surface area (TPSA) is 32.8 Å². The highest BCUT2D eigenvalue weighted by Crippen LogP contribution is 2.47. The smallest absolute Gasteiger partial charge is 0.409 e. The number of carbonyl (C=O) groups excluding carboxylic acids is 1. The number of rotatable bonds is 3. The molecule has 2 heterocycles. The van der Waals surface area contributed by atoms with E-state index in [2.05, 4.69) is 52.9 Å². The normalized spacial score (nSPS) is 24.6. The molecule has 2 aliphatic heterocycles. The van der Waals surface area contributed by atoms with Crippen LogP contribution in [0.4, 0.5) is 4.79 Å². The van der Waals surface area contributed by atoms with E-state index in [0.29, 0.717) is 24.0 Å². The van der Waals surface area contributed by atoms with Crippen LogP contribution in [0.2, 0.25) is 0 Å². The Bertz CT molecular complexity index is 675. The van der Waals surface area contributed by atoms with Crippen LogP contribution in [0.3, 0.4) is 0 Å². The Labute approximate surface area is 165 Å². The molecule has 2 fully saturated rings. The fourth-order valence-electron chi connectivity index (χ4n) is 4.79. The minimum atomic E-state index is -0.125. The first kappa shape index (κ1) is 18.3. The first-order chi connectivity index (χ1) is 12.5. The number of carbonyl (C=O) groups is 1. The molecule has 26 heavy (non-hydrogen) atoms. The predicted molar refractivity (Wildman–Crippen MR) is 106 cm³/mol. The standard InChI is InChI=1S/C21H29BrN2O2/c1-15(2)12-26-20(25)23-9-7-21(8-10-23)13-24(14-21)19-6-3-16-11-17(22)4-5-18(16)19/h4-5,11,15,19H,3,6-10,12-14H2,1-2H3/t19-/m1/s1. The van der Waals surface area contributed by atoms with Crippen molar-refractivity contribution in [2.45, 2.75) is 45.6 Å². The van der Waals surface area contributed by atoms with Gasteiger partial charge in [0.2, 0.25) is 0 Å². The van der Waals surface area contributed by atoms with Crippen LogP contribution < -0.4 is 0 Å². The maximum atomic E-state index is 12.1. The van der Waals surface area contributed by atoms with Gasteiger partial charge in [-0.2, -0.15) is 0 Å². The average Bonchev–Trinajstić information content (AvgIpc) is 3.00. The second-order valence-corrected chi connectivity index (χ2v) is 9.68. The molecular formula is C21H29BrN2O2. The lowest BCUT2D eigenvalue weighted by Gasteiger charge is -2.56. The number of amides is 1. The summed E-state index contributed by atoms with van der Waals surface area (Å²) >= 11 is 3.59. The van der Waals surface area contributed by atoms with Gasteiger partial charge in [-0.3, -0.25) is 4.90 Å². The maximum Gasteiger partial charge on any atom is 0.409 e. The van der Waals surface area contributed by atoms with Gasteiger partial charge in [0.1, 0.15) is 0 Å². The van der Waals surface area contributed by atoms with Crippen molar-refractivity contribution in [3.8, 4) is 0 Å². The van der Waals surface area contributed by atoms with E-state index in [1.165, 1.54) is 41.5 Å². The van der Waals surface area contributed by atoms with E-state index in [0.717, 1.165) is 25.9 Å². The van der Waals surface area contributed by atoms with Crippen LogP contribution in [-0.2, 0) is 11.2 Å². The summed E-state index contributed by atoms with van der Waals surface area (Å²) in [4.78, 5) is 16.7. The van der Waals surface area contributed by atoms with Crippen molar-refractivity contribution in [1.82, 2.24) is 9.80 Å². The fourth-order valence-corrected chi connectivity index (χ4v) is 5.20. The van der Waals surface area contributed by atoms with Gasteiger partial charge in [-0.1, -0.05) is 35.8 Å². The highest BCUT2D eigenvalue weighted by molar-refractivity contribution is 9.10. The highest BCUT2D eigenvalue weighted by Gasteiger charge is 2.48. The van der Waals surface area contributed by atoms with Gasteiger partial charge in [-0.15, -0.1) is 0 Å². The van der Waals surface area contributed by atoms with Crippen LogP contribution in [0.15, 0.2) is 22.7 Å². The van der Waals surface area contributed by atoms with E-state index in [-0.39, 0.29) is 6.09 Å². The molecule has 1 aromatic rings. The molecular weight excluding hydrogens is 392 g/mol. The zero-order valence-electron chi connectivity index (χ0n) is 15.8. The molecule has 5 heteroatoms. The molecule has 0 saturated carbocycles. The van der Waals surface area contributed by atoms with Gasteiger partial charge < -0.3 is 9.64 Å². The number of benzene rings is 1. The molecule has 3 aliphatic rings. The number of piperidine rings is 1. The Hall–Kier alpha value is -1.07. The van der Waals surface area contributed by atoms with Crippen LogP contribution in [0.25, 0.3) is 0 Å².